The van der Waals surface area contributed by atoms with E-state index in [0.717, 1.165) is 24.6 Å². The third kappa shape index (κ3) is 5.20. The largest absolute Gasteiger partial charge is 0.337 e. The molecule has 3 nitrogen and oxygen atoms in total. The summed E-state index contributed by atoms with van der Waals surface area (Å²) in [6, 6.07) is 9.97. The van der Waals surface area contributed by atoms with Crippen LogP contribution in [-0.4, -0.2) is 21.0 Å². The Morgan fingerprint density at radius 2 is 1.81 bits per heavy atom. The van der Waals surface area contributed by atoms with Crippen molar-refractivity contribution in [3.05, 3.63) is 89.8 Å². The van der Waals surface area contributed by atoms with Crippen LogP contribution in [0.5, 0.6) is 0 Å². The van der Waals surface area contributed by atoms with E-state index < -0.39 is 11.6 Å². The summed E-state index contributed by atoms with van der Waals surface area (Å²) in [5.74, 6) is -1.46. The molecule has 2 aromatic carbocycles. The number of imidazole rings is 1. The van der Waals surface area contributed by atoms with Crippen molar-refractivity contribution in [2.75, 3.05) is 6.54 Å². The molecule has 26 heavy (non-hydrogen) atoms. The van der Waals surface area contributed by atoms with Crippen LogP contribution in [0.3, 0.4) is 0 Å². The van der Waals surface area contributed by atoms with Gasteiger partial charge in [-0.3, -0.25) is 4.90 Å². The average Bonchev–Trinajstić information content (AvgIpc) is 3.11. The van der Waals surface area contributed by atoms with E-state index in [1.165, 1.54) is 24.3 Å². The molecule has 0 aliphatic rings. The lowest BCUT2D eigenvalue weighted by Gasteiger charge is -2.23. The van der Waals surface area contributed by atoms with Crippen molar-refractivity contribution in [2.45, 2.75) is 26.1 Å². The number of rotatable bonds is 8. The van der Waals surface area contributed by atoms with Gasteiger partial charge in [-0.2, -0.15) is 0 Å². The molecule has 0 atom stereocenters. The predicted octanol–water partition coefficient (Wildman–Crippen LogP) is 4.39. The van der Waals surface area contributed by atoms with Gasteiger partial charge >= 0.3 is 0 Å². The number of halogens is 3. The number of aryl methyl sites for hydroxylation is 1. The van der Waals surface area contributed by atoms with Gasteiger partial charge in [0.15, 0.2) is 0 Å². The highest BCUT2D eigenvalue weighted by atomic mass is 19.1. The molecule has 136 valence electrons. The Bertz CT molecular complexity index is 834. The van der Waals surface area contributed by atoms with Crippen molar-refractivity contribution >= 4 is 0 Å². The molecule has 3 rings (SSSR count). The highest BCUT2D eigenvalue weighted by molar-refractivity contribution is 5.20. The topological polar surface area (TPSA) is 21.1 Å². The molecule has 0 bridgehead atoms. The summed E-state index contributed by atoms with van der Waals surface area (Å²) in [7, 11) is 0. The molecule has 3 aromatic rings. The molecule has 0 aliphatic heterocycles. The summed E-state index contributed by atoms with van der Waals surface area (Å²) in [6.07, 6.45) is 6.18. The summed E-state index contributed by atoms with van der Waals surface area (Å²) in [5, 5.41) is 0. The number of nitrogens with zero attached hydrogens (tertiary/aromatic N) is 3. The molecule has 0 radical (unpaired) electrons. The van der Waals surface area contributed by atoms with Crippen LogP contribution >= 0.6 is 0 Å². The second kappa shape index (κ2) is 8.67. The number of hydrogen-bond donors (Lipinski definition) is 0. The molecule has 1 aromatic heterocycles. The average molecular weight is 359 g/mol. The van der Waals surface area contributed by atoms with Gasteiger partial charge in [-0.1, -0.05) is 18.2 Å². The zero-order chi connectivity index (χ0) is 18.4. The third-order valence-corrected chi connectivity index (χ3v) is 4.15. The minimum Gasteiger partial charge on any atom is -0.337 e. The third-order valence-electron chi connectivity index (χ3n) is 4.15. The Balaban J connectivity index is 1.69. The second-order valence-corrected chi connectivity index (χ2v) is 6.23. The molecule has 0 unspecified atom stereocenters. The van der Waals surface area contributed by atoms with E-state index >= 15 is 0 Å². The Morgan fingerprint density at radius 1 is 0.962 bits per heavy atom. The van der Waals surface area contributed by atoms with Gasteiger partial charge in [0.1, 0.15) is 17.5 Å². The Kier molecular flexibility index (Phi) is 6.07. The quantitative estimate of drug-likeness (QED) is 0.595. The standard InChI is InChI=1S/C20H20F3N3/c21-18-4-1-3-16(11-18)13-26(9-2-8-25-10-7-24-15-25)14-17-5-6-19(22)12-20(17)23/h1,3-7,10-12,15H,2,8-9,13-14H2. The molecule has 0 saturated heterocycles. The van der Waals surface area contributed by atoms with Crippen molar-refractivity contribution in [3.63, 3.8) is 0 Å². The fraction of sp³-hybridized carbons (Fsp3) is 0.250. The smallest absolute Gasteiger partial charge is 0.130 e. The lowest BCUT2D eigenvalue weighted by atomic mass is 10.1. The number of aromatic nitrogens is 2. The maximum Gasteiger partial charge on any atom is 0.130 e. The van der Waals surface area contributed by atoms with Crippen molar-refractivity contribution in [2.24, 2.45) is 0 Å². The maximum atomic E-state index is 14.0. The van der Waals surface area contributed by atoms with Crippen LogP contribution in [0.25, 0.3) is 0 Å². The first-order chi connectivity index (χ1) is 12.6. The van der Waals surface area contributed by atoms with Gasteiger partial charge in [0.25, 0.3) is 0 Å². The van der Waals surface area contributed by atoms with Gasteiger partial charge < -0.3 is 4.57 Å². The van der Waals surface area contributed by atoms with E-state index in [0.29, 0.717) is 25.2 Å². The van der Waals surface area contributed by atoms with Crippen molar-refractivity contribution in [1.29, 1.82) is 0 Å². The molecule has 0 fully saturated rings. The molecule has 0 amide bonds. The van der Waals surface area contributed by atoms with E-state index in [1.54, 1.807) is 18.6 Å². The molecule has 1 heterocycles. The predicted molar refractivity (Wildman–Crippen MR) is 93.7 cm³/mol. The monoisotopic (exact) mass is 359 g/mol. The zero-order valence-corrected chi connectivity index (χ0v) is 14.3. The Hall–Kier alpha value is -2.60. The fourth-order valence-electron chi connectivity index (χ4n) is 2.89. The summed E-state index contributed by atoms with van der Waals surface area (Å²) in [5.41, 5.74) is 1.24. The molecule has 0 N–H and O–H groups in total. The van der Waals surface area contributed by atoms with Crippen molar-refractivity contribution < 1.29 is 13.2 Å². The van der Waals surface area contributed by atoms with Gasteiger partial charge in [-0.05, 0) is 30.2 Å². The molecule has 0 aliphatic carbocycles. The molecular weight excluding hydrogens is 339 g/mol. The van der Waals surface area contributed by atoms with E-state index in [9.17, 15) is 13.2 Å². The van der Waals surface area contributed by atoms with E-state index in [1.807, 2.05) is 21.7 Å². The zero-order valence-electron chi connectivity index (χ0n) is 14.3. The van der Waals surface area contributed by atoms with Gasteiger partial charge in [0.05, 0.1) is 6.33 Å². The maximum absolute atomic E-state index is 14.0. The number of hydrogen-bond acceptors (Lipinski definition) is 2. The highest BCUT2D eigenvalue weighted by Gasteiger charge is 2.12. The van der Waals surface area contributed by atoms with Gasteiger partial charge in [-0.25, -0.2) is 18.2 Å². The minimum absolute atomic E-state index is 0.297. The second-order valence-electron chi connectivity index (χ2n) is 6.23. The van der Waals surface area contributed by atoms with Gasteiger partial charge in [0.2, 0.25) is 0 Å². The van der Waals surface area contributed by atoms with Gasteiger partial charge in [-0.15, -0.1) is 0 Å². The normalized spacial score (nSPS) is 11.2. The molecule has 6 heteroatoms. The van der Waals surface area contributed by atoms with E-state index in [4.69, 9.17) is 0 Å². The van der Waals surface area contributed by atoms with E-state index in [2.05, 4.69) is 4.98 Å². The Labute approximate surface area is 150 Å². The van der Waals surface area contributed by atoms with Crippen molar-refractivity contribution in [3.8, 4) is 0 Å². The Morgan fingerprint density at radius 3 is 2.54 bits per heavy atom. The summed E-state index contributed by atoms with van der Waals surface area (Å²) < 4.78 is 42.6. The lowest BCUT2D eigenvalue weighted by molar-refractivity contribution is 0.244. The first kappa shape index (κ1) is 18.2. The summed E-state index contributed by atoms with van der Waals surface area (Å²) in [6.45, 7) is 2.28. The van der Waals surface area contributed by atoms with Crippen LogP contribution in [0.2, 0.25) is 0 Å². The first-order valence-corrected chi connectivity index (χ1v) is 8.46. The van der Waals surface area contributed by atoms with Crippen LogP contribution in [0, 0.1) is 17.5 Å². The van der Waals surface area contributed by atoms with Gasteiger partial charge in [0, 0.05) is 50.2 Å². The first-order valence-electron chi connectivity index (χ1n) is 8.46. The molecular formula is C20H20F3N3. The van der Waals surface area contributed by atoms with Crippen molar-refractivity contribution in [1.82, 2.24) is 14.5 Å². The fourth-order valence-corrected chi connectivity index (χ4v) is 2.89. The van der Waals surface area contributed by atoms with Crippen LogP contribution in [0.15, 0.2) is 61.2 Å². The molecule has 0 spiro atoms. The van der Waals surface area contributed by atoms with Crippen LogP contribution in [-0.2, 0) is 19.6 Å². The van der Waals surface area contributed by atoms with Crippen LogP contribution in [0.1, 0.15) is 17.5 Å². The SMILES string of the molecule is Fc1cccc(CN(CCCn2ccnc2)Cc2ccc(F)cc2F)c1. The lowest BCUT2D eigenvalue weighted by Crippen LogP contribution is -2.25. The molecule has 0 saturated carbocycles. The summed E-state index contributed by atoms with van der Waals surface area (Å²) >= 11 is 0. The minimum atomic E-state index is -0.594. The van der Waals surface area contributed by atoms with Crippen LogP contribution in [0.4, 0.5) is 13.2 Å². The number of benzene rings is 2. The summed E-state index contributed by atoms with van der Waals surface area (Å²) in [4.78, 5) is 6.04. The van der Waals surface area contributed by atoms with E-state index in [-0.39, 0.29) is 5.82 Å². The van der Waals surface area contributed by atoms with Crippen LogP contribution < -0.4 is 0 Å². The highest BCUT2D eigenvalue weighted by Crippen LogP contribution is 2.15.